The van der Waals surface area contributed by atoms with E-state index in [4.69, 9.17) is 11.6 Å². The average molecular weight is 266 g/mol. The minimum Gasteiger partial charge on any atom is -0.364 e. The number of aryl methyl sites for hydroxylation is 1. The smallest absolute Gasteiger partial charge is 0.137 e. The summed E-state index contributed by atoms with van der Waals surface area (Å²) in [7, 11) is 0. The second-order valence-corrected chi connectivity index (χ2v) is 4.45. The highest BCUT2D eigenvalue weighted by atomic mass is 35.5. The predicted molar refractivity (Wildman–Crippen MR) is 71.7 cm³/mol. The molecule has 96 valence electrons. The summed E-state index contributed by atoms with van der Waals surface area (Å²) in [6.07, 6.45) is 3.55. The molecule has 0 aromatic carbocycles. The van der Waals surface area contributed by atoms with Crippen molar-refractivity contribution in [2.75, 3.05) is 5.32 Å². The van der Waals surface area contributed by atoms with Gasteiger partial charge >= 0.3 is 0 Å². The summed E-state index contributed by atoms with van der Waals surface area (Å²) in [5, 5.41) is 10.6. The number of nitrogens with one attached hydrogen (secondary N) is 2. The van der Waals surface area contributed by atoms with Crippen molar-refractivity contribution in [3.05, 3.63) is 34.5 Å². The molecule has 2 N–H and O–H groups in total. The highest BCUT2D eigenvalue weighted by molar-refractivity contribution is 6.30. The minimum atomic E-state index is 0.514. The maximum atomic E-state index is 6.10. The van der Waals surface area contributed by atoms with E-state index in [1.807, 2.05) is 13.0 Å². The van der Waals surface area contributed by atoms with Crippen LogP contribution in [0.4, 0.5) is 5.82 Å². The number of aromatic nitrogens is 4. The van der Waals surface area contributed by atoms with Gasteiger partial charge in [0.15, 0.2) is 0 Å². The molecule has 0 spiro atoms. The molecule has 18 heavy (non-hydrogen) atoms. The largest absolute Gasteiger partial charge is 0.364 e. The molecule has 6 heteroatoms. The minimum absolute atomic E-state index is 0.514. The molecule has 0 radical (unpaired) electrons. The van der Waals surface area contributed by atoms with Crippen molar-refractivity contribution in [1.82, 2.24) is 20.2 Å². The molecular weight excluding hydrogens is 250 g/mol. The van der Waals surface area contributed by atoms with Crippen molar-refractivity contribution in [2.45, 2.75) is 33.2 Å². The molecule has 0 aliphatic carbocycles. The Bertz CT molecular complexity index is 509. The van der Waals surface area contributed by atoms with Gasteiger partial charge in [0.1, 0.15) is 16.8 Å². The molecule has 2 aromatic heterocycles. The second-order valence-electron chi connectivity index (χ2n) is 4.09. The number of hydrogen-bond acceptors (Lipinski definition) is 4. The zero-order chi connectivity index (χ0) is 13.0. The fourth-order valence-corrected chi connectivity index (χ4v) is 1.79. The van der Waals surface area contributed by atoms with Crippen molar-refractivity contribution in [2.24, 2.45) is 0 Å². The van der Waals surface area contributed by atoms with Crippen molar-refractivity contribution in [3.63, 3.8) is 0 Å². The Labute approximate surface area is 111 Å². The van der Waals surface area contributed by atoms with Gasteiger partial charge in [0.05, 0.1) is 12.2 Å². The number of nitrogens with zero attached hydrogens (tertiary/aromatic N) is 3. The first-order chi connectivity index (χ1) is 8.70. The van der Waals surface area contributed by atoms with Crippen molar-refractivity contribution in [3.8, 4) is 0 Å². The third-order valence-corrected chi connectivity index (χ3v) is 2.98. The van der Waals surface area contributed by atoms with E-state index in [-0.39, 0.29) is 0 Å². The Morgan fingerprint density at radius 1 is 1.39 bits per heavy atom. The van der Waals surface area contributed by atoms with E-state index in [0.29, 0.717) is 11.7 Å². The van der Waals surface area contributed by atoms with Gasteiger partial charge in [-0.25, -0.2) is 9.97 Å². The fraction of sp³-hybridized carbons (Fsp3) is 0.417. The van der Waals surface area contributed by atoms with Gasteiger partial charge in [-0.2, -0.15) is 5.10 Å². The molecule has 5 nitrogen and oxygen atoms in total. The molecule has 0 bridgehead atoms. The molecule has 2 rings (SSSR count). The van der Waals surface area contributed by atoms with Crippen LogP contribution in [0.1, 0.15) is 30.4 Å². The third kappa shape index (κ3) is 2.98. The highest BCUT2D eigenvalue weighted by Crippen LogP contribution is 2.20. The van der Waals surface area contributed by atoms with Crippen molar-refractivity contribution < 1.29 is 0 Å². The van der Waals surface area contributed by atoms with Gasteiger partial charge in [0.2, 0.25) is 0 Å². The molecule has 0 fully saturated rings. The van der Waals surface area contributed by atoms with Crippen LogP contribution in [-0.2, 0) is 13.0 Å². The Balaban J connectivity index is 2.15. The van der Waals surface area contributed by atoms with Crippen LogP contribution < -0.4 is 5.32 Å². The van der Waals surface area contributed by atoms with Crippen LogP contribution in [0, 0.1) is 6.92 Å². The maximum absolute atomic E-state index is 6.10. The standard InChI is InChI=1S/C12H16ClN5/c1-3-4-10-16-11(13)8(2)12(17-10)14-7-9-5-6-15-18-9/h5-6H,3-4,7H2,1-2H3,(H,15,18)(H,14,16,17). The normalized spacial score (nSPS) is 10.6. The Hall–Kier alpha value is -1.62. The Kier molecular flexibility index (Phi) is 4.15. The Morgan fingerprint density at radius 2 is 2.22 bits per heavy atom. The zero-order valence-electron chi connectivity index (χ0n) is 10.5. The molecule has 0 aliphatic heterocycles. The summed E-state index contributed by atoms with van der Waals surface area (Å²) < 4.78 is 0. The SMILES string of the molecule is CCCc1nc(Cl)c(C)c(NCc2ccn[nH]2)n1. The van der Waals surface area contributed by atoms with Gasteiger partial charge in [-0.05, 0) is 19.4 Å². The molecule has 0 saturated carbocycles. The quantitative estimate of drug-likeness (QED) is 0.816. The lowest BCUT2D eigenvalue weighted by molar-refractivity contribution is 0.828. The number of rotatable bonds is 5. The number of halogens is 1. The van der Waals surface area contributed by atoms with E-state index in [1.54, 1.807) is 6.20 Å². The summed E-state index contributed by atoms with van der Waals surface area (Å²) in [6, 6.07) is 1.91. The number of aromatic amines is 1. The van der Waals surface area contributed by atoms with Gasteiger partial charge in [0, 0.05) is 18.2 Å². The second kappa shape index (κ2) is 5.82. The number of hydrogen-bond donors (Lipinski definition) is 2. The summed E-state index contributed by atoms with van der Waals surface area (Å²) in [4.78, 5) is 8.74. The van der Waals surface area contributed by atoms with Crippen molar-refractivity contribution >= 4 is 17.4 Å². The summed E-state index contributed by atoms with van der Waals surface area (Å²) in [5.41, 5.74) is 1.87. The van der Waals surface area contributed by atoms with Gasteiger partial charge in [-0.3, -0.25) is 5.10 Å². The van der Waals surface area contributed by atoms with E-state index in [1.165, 1.54) is 0 Å². The van der Waals surface area contributed by atoms with Crippen molar-refractivity contribution in [1.29, 1.82) is 0 Å². The Morgan fingerprint density at radius 3 is 2.89 bits per heavy atom. The molecule has 0 saturated heterocycles. The van der Waals surface area contributed by atoms with E-state index in [0.717, 1.165) is 35.7 Å². The number of H-pyrrole nitrogens is 1. The van der Waals surface area contributed by atoms with Crippen LogP contribution in [-0.4, -0.2) is 20.2 Å². The van der Waals surface area contributed by atoms with Gasteiger partial charge in [-0.1, -0.05) is 18.5 Å². The maximum Gasteiger partial charge on any atom is 0.137 e. The molecule has 0 amide bonds. The topological polar surface area (TPSA) is 66.5 Å². The van der Waals surface area contributed by atoms with Crippen LogP contribution >= 0.6 is 11.6 Å². The zero-order valence-corrected chi connectivity index (χ0v) is 11.3. The fourth-order valence-electron chi connectivity index (χ4n) is 1.60. The lowest BCUT2D eigenvalue weighted by Crippen LogP contribution is -2.07. The van der Waals surface area contributed by atoms with Gasteiger partial charge in [0.25, 0.3) is 0 Å². The summed E-state index contributed by atoms with van der Waals surface area (Å²) >= 11 is 6.10. The predicted octanol–water partition coefficient (Wildman–Crippen LogP) is 2.73. The van der Waals surface area contributed by atoms with Gasteiger partial charge < -0.3 is 5.32 Å². The van der Waals surface area contributed by atoms with E-state index < -0.39 is 0 Å². The highest BCUT2D eigenvalue weighted by Gasteiger charge is 2.08. The summed E-state index contributed by atoms with van der Waals surface area (Å²) in [5.74, 6) is 1.56. The van der Waals surface area contributed by atoms with E-state index >= 15 is 0 Å². The van der Waals surface area contributed by atoms with Crippen LogP contribution in [0.3, 0.4) is 0 Å². The molecule has 2 aromatic rings. The lowest BCUT2D eigenvalue weighted by atomic mass is 10.3. The van der Waals surface area contributed by atoms with Crippen LogP contribution in [0.15, 0.2) is 12.3 Å². The van der Waals surface area contributed by atoms with Crippen LogP contribution in [0.25, 0.3) is 0 Å². The first-order valence-electron chi connectivity index (χ1n) is 5.95. The van der Waals surface area contributed by atoms with E-state index in [2.05, 4.69) is 32.4 Å². The van der Waals surface area contributed by atoms with Crippen LogP contribution in [0.5, 0.6) is 0 Å². The van der Waals surface area contributed by atoms with E-state index in [9.17, 15) is 0 Å². The third-order valence-electron chi connectivity index (χ3n) is 2.61. The molecule has 0 unspecified atom stereocenters. The number of anilines is 1. The molecule has 2 heterocycles. The van der Waals surface area contributed by atoms with Gasteiger partial charge in [-0.15, -0.1) is 0 Å². The summed E-state index contributed by atoms with van der Waals surface area (Å²) in [6.45, 7) is 4.64. The average Bonchev–Trinajstić information content (AvgIpc) is 2.85. The first-order valence-corrected chi connectivity index (χ1v) is 6.33. The first kappa shape index (κ1) is 12.8. The lowest BCUT2D eigenvalue weighted by Gasteiger charge is -2.10. The molecular formula is C12H16ClN5. The van der Waals surface area contributed by atoms with Crippen LogP contribution in [0.2, 0.25) is 5.15 Å². The molecule has 0 atom stereocenters. The molecule has 0 aliphatic rings. The monoisotopic (exact) mass is 265 g/mol.